The lowest BCUT2D eigenvalue weighted by atomic mass is 10.1. The topological polar surface area (TPSA) is 63.5 Å². The van der Waals surface area contributed by atoms with Crippen molar-refractivity contribution in [1.29, 1.82) is 0 Å². The Hall–Kier alpha value is -2.39. The van der Waals surface area contributed by atoms with Gasteiger partial charge in [-0.05, 0) is 48.9 Å². The van der Waals surface area contributed by atoms with Crippen LogP contribution in [0.3, 0.4) is 0 Å². The SMILES string of the molecule is CCNC(=NCc1ccccc1Cn1cccn1)NCCCCOCCc1ccccc1.I. The first-order chi connectivity index (χ1) is 15.8. The molecule has 2 aromatic carbocycles. The van der Waals surface area contributed by atoms with Gasteiger partial charge in [-0.3, -0.25) is 4.68 Å². The lowest BCUT2D eigenvalue weighted by molar-refractivity contribution is 0.133. The summed E-state index contributed by atoms with van der Waals surface area (Å²) in [5, 5.41) is 11.1. The van der Waals surface area contributed by atoms with Gasteiger partial charge in [0, 0.05) is 32.1 Å². The standard InChI is InChI=1S/C26H35N5O.HI/c1-2-27-26(28-16-8-9-19-32-20-15-23-11-4-3-5-12-23)29-21-24-13-6-7-14-25(24)22-31-18-10-17-30-31;/h3-7,10-14,17-18H,2,8-9,15-16,19-22H2,1H3,(H2,27,28,29);1H. The van der Waals surface area contributed by atoms with Crippen LogP contribution >= 0.6 is 24.0 Å². The lowest BCUT2D eigenvalue weighted by Crippen LogP contribution is -2.37. The summed E-state index contributed by atoms with van der Waals surface area (Å²) >= 11 is 0. The normalized spacial score (nSPS) is 11.1. The van der Waals surface area contributed by atoms with Gasteiger partial charge >= 0.3 is 0 Å². The third-order valence-electron chi connectivity index (χ3n) is 5.15. The average molecular weight is 562 g/mol. The highest BCUT2D eigenvalue weighted by Gasteiger charge is 2.04. The third kappa shape index (κ3) is 10.4. The monoisotopic (exact) mass is 561 g/mol. The predicted molar refractivity (Wildman–Crippen MR) is 146 cm³/mol. The van der Waals surface area contributed by atoms with Gasteiger partial charge in [-0.25, -0.2) is 4.99 Å². The van der Waals surface area contributed by atoms with Crippen LogP contribution in [0.4, 0.5) is 0 Å². The quantitative estimate of drug-likeness (QED) is 0.138. The van der Waals surface area contributed by atoms with E-state index in [1.807, 2.05) is 29.2 Å². The highest BCUT2D eigenvalue weighted by molar-refractivity contribution is 14.0. The molecule has 178 valence electrons. The number of aromatic nitrogens is 2. The molecule has 6 nitrogen and oxygen atoms in total. The largest absolute Gasteiger partial charge is 0.381 e. The molecule has 0 radical (unpaired) electrons. The van der Waals surface area contributed by atoms with Gasteiger partial charge in [0.25, 0.3) is 0 Å². The van der Waals surface area contributed by atoms with Gasteiger partial charge in [0.2, 0.25) is 0 Å². The van der Waals surface area contributed by atoms with Crippen LogP contribution in [-0.4, -0.2) is 42.0 Å². The zero-order valence-electron chi connectivity index (χ0n) is 19.5. The number of guanidine groups is 1. The van der Waals surface area contributed by atoms with Crippen molar-refractivity contribution < 1.29 is 4.74 Å². The molecule has 3 aromatic rings. The molecule has 0 aliphatic rings. The summed E-state index contributed by atoms with van der Waals surface area (Å²) in [6.07, 6.45) is 6.84. The Morgan fingerprint density at radius 3 is 2.48 bits per heavy atom. The van der Waals surface area contributed by atoms with Crippen molar-refractivity contribution in [2.75, 3.05) is 26.3 Å². The number of hydrogen-bond acceptors (Lipinski definition) is 3. The number of nitrogens with zero attached hydrogens (tertiary/aromatic N) is 3. The molecule has 0 amide bonds. The third-order valence-corrected chi connectivity index (χ3v) is 5.15. The molecule has 0 unspecified atom stereocenters. The van der Waals surface area contributed by atoms with E-state index in [1.54, 1.807) is 0 Å². The Labute approximate surface area is 214 Å². The molecule has 0 atom stereocenters. The molecule has 0 aliphatic heterocycles. The number of nitrogens with one attached hydrogen (secondary N) is 2. The predicted octanol–water partition coefficient (Wildman–Crippen LogP) is 4.64. The number of hydrogen-bond donors (Lipinski definition) is 2. The molecule has 1 aromatic heterocycles. The fraction of sp³-hybridized carbons (Fsp3) is 0.385. The van der Waals surface area contributed by atoms with Crippen LogP contribution in [0.2, 0.25) is 0 Å². The van der Waals surface area contributed by atoms with Crippen LogP contribution < -0.4 is 10.6 Å². The average Bonchev–Trinajstić information content (AvgIpc) is 3.34. The summed E-state index contributed by atoms with van der Waals surface area (Å²) in [7, 11) is 0. The van der Waals surface area contributed by atoms with Crippen molar-refractivity contribution in [1.82, 2.24) is 20.4 Å². The van der Waals surface area contributed by atoms with E-state index in [2.05, 4.69) is 71.2 Å². The molecule has 1 heterocycles. The Bertz CT molecular complexity index is 915. The Balaban J connectivity index is 0.00000385. The van der Waals surface area contributed by atoms with Crippen LogP contribution in [0.25, 0.3) is 0 Å². The van der Waals surface area contributed by atoms with Gasteiger partial charge < -0.3 is 15.4 Å². The minimum absolute atomic E-state index is 0. The second kappa shape index (κ2) is 16.3. The van der Waals surface area contributed by atoms with E-state index in [1.165, 1.54) is 16.7 Å². The molecule has 0 bridgehead atoms. The summed E-state index contributed by atoms with van der Waals surface area (Å²) in [5.74, 6) is 0.853. The van der Waals surface area contributed by atoms with Crippen molar-refractivity contribution in [3.05, 3.63) is 89.7 Å². The Morgan fingerprint density at radius 2 is 1.73 bits per heavy atom. The van der Waals surface area contributed by atoms with Crippen molar-refractivity contribution >= 4 is 29.9 Å². The molecule has 3 rings (SSSR count). The molecule has 0 fully saturated rings. The molecule has 0 saturated carbocycles. The molecule has 0 saturated heterocycles. The maximum absolute atomic E-state index is 5.77. The highest BCUT2D eigenvalue weighted by atomic mass is 127. The van der Waals surface area contributed by atoms with Gasteiger partial charge in [-0.1, -0.05) is 54.6 Å². The number of aliphatic imine (C=N–C) groups is 1. The molecule has 0 spiro atoms. The Morgan fingerprint density at radius 1 is 0.939 bits per heavy atom. The van der Waals surface area contributed by atoms with Crippen LogP contribution in [0.15, 0.2) is 78.0 Å². The van der Waals surface area contributed by atoms with Crippen molar-refractivity contribution in [3.8, 4) is 0 Å². The molecular formula is C26H36IN5O. The number of ether oxygens (including phenoxy) is 1. The second-order valence-electron chi connectivity index (χ2n) is 7.65. The summed E-state index contributed by atoms with van der Waals surface area (Å²) in [6.45, 7) is 6.76. The minimum atomic E-state index is 0. The van der Waals surface area contributed by atoms with Crippen LogP contribution in [0, 0.1) is 0 Å². The van der Waals surface area contributed by atoms with Crippen LogP contribution in [-0.2, 0) is 24.2 Å². The summed E-state index contributed by atoms with van der Waals surface area (Å²) in [4.78, 5) is 4.79. The first-order valence-electron chi connectivity index (χ1n) is 11.5. The van der Waals surface area contributed by atoms with E-state index in [-0.39, 0.29) is 24.0 Å². The summed E-state index contributed by atoms with van der Waals surface area (Å²) in [5.41, 5.74) is 3.78. The maximum atomic E-state index is 5.77. The smallest absolute Gasteiger partial charge is 0.191 e. The van der Waals surface area contributed by atoms with Gasteiger partial charge in [0.05, 0.1) is 19.7 Å². The van der Waals surface area contributed by atoms with E-state index >= 15 is 0 Å². The van der Waals surface area contributed by atoms with E-state index in [4.69, 9.17) is 9.73 Å². The number of halogens is 1. The van der Waals surface area contributed by atoms with Crippen molar-refractivity contribution in [2.24, 2.45) is 4.99 Å². The first kappa shape index (κ1) is 26.9. The highest BCUT2D eigenvalue weighted by Crippen LogP contribution is 2.11. The van der Waals surface area contributed by atoms with Gasteiger partial charge in [-0.2, -0.15) is 5.10 Å². The fourth-order valence-corrected chi connectivity index (χ4v) is 3.41. The lowest BCUT2D eigenvalue weighted by Gasteiger charge is -2.13. The molecule has 33 heavy (non-hydrogen) atoms. The minimum Gasteiger partial charge on any atom is -0.381 e. The molecule has 0 aliphatic carbocycles. The van der Waals surface area contributed by atoms with Crippen LogP contribution in [0.5, 0.6) is 0 Å². The molecular weight excluding hydrogens is 525 g/mol. The zero-order chi connectivity index (χ0) is 22.3. The zero-order valence-corrected chi connectivity index (χ0v) is 21.8. The first-order valence-corrected chi connectivity index (χ1v) is 11.5. The Kier molecular flexibility index (Phi) is 13.2. The maximum Gasteiger partial charge on any atom is 0.191 e. The van der Waals surface area contributed by atoms with E-state index in [0.717, 1.165) is 58.1 Å². The van der Waals surface area contributed by atoms with Gasteiger partial charge in [-0.15, -0.1) is 24.0 Å². The van der Waals surface area contributed by atoms with Crippen molar-refractivity contribution in [2.45, 2.75) is 39.3 Å². The summed E-state index contributed by atoms with van der Waals surface area (Å²) < 4.78 is 7.71. The second-order valence-corrected chi connectivity index (χ2v) is 7.65. The van der Waals surface area contributed by atoms with E-state index in [9.17, 15) is 0 Å². The fourth-order valence-electron chi connectivity index (χ4n) is 3.41. The number of unbranched alkanes of at least 4 members (excludes halogenated alkanes) is 1. The molecule has 7 heteroatoms. The number of rotatable bonds is 13. The summed E-state index contributed by atoms with van der Waals surface area (Å²) in [6, 6.07) is 20.8. The van der Waals surface area contributed by atoms with Gasteiger partial charge in [0.1, 0.15) is 0 Å². The van der Waals surface area contributed by atoms with Crippen molar-refractivity contribution in [3.63, 3.8) is 0 Å². The van der Waals surface area contributed by atoms with Gasteiger partial charge in [0.15, 0.2) is 5.96 Å². The molecule has 2 N–H and O–H groups in total. The van der Waals surface area contributed by atoms with E-state index < -0.39 is 0 Å². The van der Waals surface area contributed by atoms with E-state index in [0.29, 0.717) is 6.54 Å². The van der Waals surface area contributed by atoms with Crippen LogP contribution in [0.1, 0.15) is 36.5 Å². The number of benzene rings is 2.